The SMILES string of the molecule is COc1ccc(-n2c(SCC(=O)Nc3ccc(F)c(F)c3)nnc2-c2ccc(C(C)(C)C)cc2)cc1. The zero-order valence-electron chi connectivity index (χ0n) is 20.4. The smallest absolute Gasteiger partial charge is 0.234 e. The molecule has 0 spiro atoms. The van der Waals surface area contributed by atoms with Gasteiger partial charge < -0.3 is 10.1 Å². The van der Waals surface area contributed by atoms with E-state index >= 15 is 0 Å². The normalized spacial score (nSPS) is 11.4. The lowest BCUT2D eigenvalue weighted by Crippen LogP contribution is -2.15. The lowest BCUT2D eigenvalue weighted by atomic mass is 9.87. The Bertz CT molecular complexity index is 1360. The monoisotopic (exact) mass is 508 g/mol. The van der Waals surface area contributed by atoms with Crippen molar-refractivity contribution in [1.29, 1.82) is 0 Å². The third-order valence-corrected chi connectivity index (χ3v) is 6.44. The van der Waals surface area contributed by atoms with Gasteiger partial charge in [-0.2, -0.15) is 0 Å². The second-order valence-corrected chi connectivity index (χ2v) is 10.1. The van der Waals surface area contributed by atoms with Crippen LogP contribution >= 0.6 is 11.8 Å². The molecular weight excluding hydrogens is 482 g/mol. The van der Waals surface area contributed by atoms with E-state index in [0.29, 0.717) is 16.7 Å². The zero-order valence-corrected chi connectivity index (χ0v) is 21.2. The Labute approximate surface area is 212 Å². The number of hydrogen-bond acceptors (Lipinski definition) is 5. The van der Waals surface area contributed by atoms with Crippen LogP contribution in [-0.4, -0.2) is 33.5 Å². The second-order valence-electron chi connectivity index (χ2n) is 9.13. The molecule has 1 amide bonds. The first-order chi connectivity index (χ1) is 17.2. The first-order valence-corrected chi connectivity index (χ1v) is 12.2. The molecule has 0 fully saturated rings. The van der Waals surface area contributed by atoms with Crippen LogP contribution in [0.3, 0.4) is 0 Å². The molecule has 0 bridgehead atoms. The standard InChI is InChI=1S/C27H26F2N4O2S/c1-27(2,3)18-7-5-17(6-8-18)25-31-32-26(33(25)20-10-12-21(35-4)13-11-20)36-16-24(34)30-19-9-14-22(28)23(29)15-19/h5-15H,16H2,1-4H3,(H,30,34). The van der Waals surface area contributed by atoms with E-state index in [1.54, 1.807) is 7.11 Å². The van der Waals surface area contributed by atoms with E-state index in [1.807, 2.05) is 41.0 Å². The first-order valence-electron chi connectivity index (χ1n) is 11.2. The minimum Gasteiger partial charge on any atom is -0.497 e. The van der Waals surface area contributed by atoms with E-state index in [4.69, 9.17) is 4.74 Å². The highest BCUT2D eigenvalue weighted by Crippen LogP contribution is 2.31. The molecule has 1 aromatic heterocycles. The van der Waals surface area contributed by atoms with Crippen molar-refractivity contribution >= 4 is 23.4 Å². The highest BCUT2D eigenvalue weighted by Gasteiger charge is 2.19. The Balaban J connectivity index is 1.61. The molecule has 1 heterocycles. The van der Waals surface area contributed by atoms with Crippen LogP contribution in [0.2, 0.25) is 0 Å². The van der Waals surface area contributed by atoms with Crippen molar-refractivity contribution in [3.63, 3.8) is 0 Å². The van der Waals surface area contributed by atoms with Gasteiger partial charge in [-0.25, -0.2) is 8.78 Å². The molecular formula is C27H26F2N4O2S. The number of nitrogens with one attached hydrogen (secondary N) is 1. The topological polar surface area (TPSA) is 69.0 Å². The molecule has 9 heteroatoms. The molecule has 0 radical (unpaired) electrons. The molecule has 4 aromatic rings. The Morgan fingerprint density at radius 1 is 0.972 bits per heavy atom. The van der Waals surface area contributed by atoms with E-state index < -0.39 is 11.6 Å². The number of rotatable bonds is 7. The number of halogens is 2. The molecule has 1 N–H and O–H groups in total. The molecule has 0 atom stereocenters. The Morgan fingerprint density at radius 2 is 1.67 bits per heavy atom. The van der Waals surface area contributed by atoms with Crippen LogP contribution in [0.4, 0.5) is 14.5 Å². The molecule has 0 saturated carbocycles. The summed E-state index contributed by atoms with van der Waals surface area (Å²) in [6.07, 6.45) is 0. The van der Waals surface area contributed by atoms with Crippen LogP contribution in [-0.2, 0) is 10.2 Å². The van der Waals surface area contributed by atoms with Crippen LogP contribution in [0.5, 0.6) is 5.75 Å². The van der Waals surface area contributed by atoms with Gasteiger partial charge in [0.15, 0.2) is 22.6 Å². The van der Waals surface area contributed by atoms with Gasteiger partial charge in [0.05, 0.1) is 12.9 Å². The summed E-state index contributed by atoms with van der Waals surface area (Å²) < 4.78 is 33.8. The van der Waals surface area contributed by atoms with E-state index in [9.17, 15) is 13.6 Å². The fraction of sp³-hybridized carbons (Fsp3) is 0.222. The maximum absolute atomic E-state index is 13.5. The van der Waals surface area contributed by atoms with Crippen molar-refractivity contribution in [3.8, 4) is 22.8 Å². The number of carbonyl (C=O) groups excluding carboxylic acids is 1. The van der Waals surface area contributed by atoms with Gasteiger partial charge in [-0.1, -0.05) is 56.8 Å². The van der Waals surface area contributed by atoms with E-state index in [-0.39, 0.29) is 22.8 Å². The van der Waals surface area contributed by atoms with Crippen molar-refractivity contribution in [1.82, 2.24) is 14.8 Å². The minimum atomic E-state index is -1.03. The van der Waals surface area contributed by atoms with Crippen LogP contribution in [0.15, 0.2) is 71.9 Å². The van der Waals surface area contributed by atoms with Crippen LogP contribution in [0.1, 0.15) is 26.3 Å². The van der Waals surface area contributed by atoms with Crippen molar-refractivity contribution < 1.29 is 18.3 Å². The fourth-order valence-corrected chi connectivity index (χ4v) is 4.29. The molecule has 36 heavy (non-hydrogen) atoms. The summed E-state index contributed by atoms with van der Waals surface area (Å²) in [5, 5.41) is 11.8. The first kappa shape index (κ1) is 25.4. The van der Waals surface area contributed by atoms with Gasteiger partial charge in [0, 0.05) is 23.0 Å². The van der Waals surface area contributed by atoms with Crippen LogP contribution in [0.25, 0.3) is 17.1 Å². The average Bonchev–Trinajstić information content (AvgIpc) is 3.28. The summed E-state index contributed by atoms with van der Waals surface area (Å²) in [4.78, 5) is 12.5. The summed E-state index contributed by atoms with van der Waals surface area (Å²) in [5.74, 6) is -1.05. The van der Waals surface area contributed by atoms with Gasteiger partial charge in [0.25, 0.3) is 0 Å². The number of hydrogen-bond donors (Lipinski definition) is 1. The maximum Gasteiger partial charge on any atom is 0.234 e. The number of benzene rings is 3. The summed E-state index contributed by atoms with van der Waals surface area (Å²) in [6, 6.07) is 18.8. The Hall–Kier alpha value is -3.72. The predicted octanol–water partition coefficient (Wildman–Crippen LogP) is 6.25. The number of amides is 1. The molecule has 4 rings (SSSR count). The highest BCUT2D eigenvalue weighted by molar-refractivity contribution is 7.99. The van der Waals surface area contributed by atoms with E-state index in [0.717, 1.165) is 23.4 Å². The number of thioether (sulfide) groups is 1. The average molecular weight is 509 g/mol. The van der Waals surface area contributed by atoms with E-state index in [2.05, 4.69) is 48.4 Å². The lowest BCUT2D eigenvalue weighted by Gasteiger charge is -2.19. The van der Waals surface area contributed by atoms with Gasteiger partial charge in [-0.05, 0) is 47.4 Å². The number of carbonyl (C=O) groups is 1. The van der Waals surface area contributed by atoms with Crippen molar-refractivity contribution in [2.45, 2.75) is 31.3 Å². The largest absolute Gasteiger partial charge is 0.497 e. The number of aromatic nitrogens is 3. The van der Waals surface area contributed by atoms with Gasteiger partial charge in [0.1, 0.15) is 5.75 Å². The van der Waals surface area contributed by atoms with Crippen LogP contribution < -0.4 is 10.1 Å². The summed E-state index contributed by atoms with van der Waals surface area (Å²) in [7, 11) is 1.60. The summed E-state index contributed by atoms with van der Waals surface area (Å²) in [6.45, 7) is 6.46. The van der Waals surface area contributed by atoms with E-state index in [1.165, 1.54) is 23.4 Å². The third kappa shape index (κ3) is 5.73. The quantitative estimate of drug-likeness (QED) is 0.299. The Kier molecular flexibility index (Phi) is 7.40. The second kappa shape index (κ2) is 10.5. The zero-order chi connectivity index (χ0) is 25.9. The van der Waals surface area contributed by atoms with Gasteiger partial charge in [0.2, 0.25) is 5.91 Å². The fourth-order valence-electron chi connectivity index (χ4n) is 3.53. The van der Waals surface area contributed by atoms with Gasteiger partial charge in [-0.15, -0.1) is 10.2 Å². The lowest BCUT2D eigenvalue weighted by molar-refractivity contribution is -0.113. The number of anilines is 1. The molecule has 0 aliphatic carbocycles. The van der Waals surface area contributed by atoms with Crippen molar-refractivity contribution in [2.24, 2.45) is 0 Å². The van der Waals surface area contributed by atoms with Crippen molar-refractivity contribution in [2.75, 3.05) is 18.2 Å². The molecule has 0 aliphatic rings. The Morgan fingerprint density at radius 3 is 2.28 bits per heavy atom. The molecule has 0 unspecified atom stereocenters. The maximum atomic E-state index is 13.5. The van der Waals surface area contributed by atoms with Crippen molar-refractivity contribution in [3.05, 3.63) is 83.9 Å². The molecule has 0 saturated heterocycles. The number of methoxy groups -OCH3 is 1. The third-order valence-electron chi connectivity index (χ3n) is 5.51. The predicted molar refractivity (Wildman–Crippen MR) is 138 cm³/mol. The van der Waals surface area contributed by atoms with Gasteiger partial charge in [-0.3, -0.25) is 9.36 Å². The summed E-state index contributed by atoms with van der Waals surface area (Å²) >= 11 is 1.19. The van der Waals surface area contributed by atoms with Gasteiger partial charge >= 0.3 is 0 Å². The van der Waals surface area contributed by atoms with Crippen LogP contribution in [0, 0.1) is 11.6 Å². The molecule has 3 aromatic carbocycles. The number of nitrogens with zero attached hydrogens (tertiary/aromatic N) is 3. The highest BCUT2D eigenvalue weighted by atomic mass is 32.2. The number of ether oxygens (including phenoxy) is 1. The molecule has 6 nitrogen and oxygen atoms in total. The summed E-state index contributed by atoms with van der Waals surface area (Å²) in [5.41, 5.74) is 3.08. The molecule has 186 valence electrons. The minimum absolute atomic E-state index is 0.00372. The molecule has 0 aliphatic heterocycles.